The van der Waals surface area contributed by atoms with Crippen molar-refractivity contribution in [2.24, 2.45) is 0 Å². The minimum Gasteiger partial charge on any atom is -0.327 e. The molecule has 1 heterocycles. The third-order valence-electron chi connectivity index (χ3n) is 3.13. The zero-order valence-electron chi connectivity index (χ0n) is 10.9. The van der Waals surface area contributed by atoms with Crippen LogP contribution in [0.25, 0.3) is 11.0 Å². The van der Waals surface area contributed by atoms with Crippen LogP contribution in [0.5, 0.6) is 0 Å². The number of aryl methyl sites for hydroxylation is 1. The first-order valence-electron chi connectivity index (χ1n) is 6.06. The lowest BCUT2D eigenvalue weighted by molar-refractivity contribution is 0.635. The van der Waals surface area contributed by atoms with E-state index in [2.05, 4.69) is 4.98 Å². The monoisotopic (exact) mass is 302 g/mol. The van der Waals surface area contributed by atoms with Gasteiger partial charge in [-0.1, -0.05) is 6.07 Å². The Balaban J connectivity index is 2.52. The number of rotatable bonds is 5. The summed E-state index contributed by atoms with van der Waals surface area (Å²) in [5.74, 6) is 0.832. The zero-order valence-corrected chi connectivity index (χ0v) is 12.5. The standard InChI is InChI=1S/C13H16ClFN2OS/c1-9(19(2)18)8-17-11-5-3-4-10(15)13(11)16-12(17)6-7-14/h3-5,9H,6-8H2,1-2H3. The van der Waals surface area contributed by atoms with Gasteiger partial charge in [0.15, 0.2) is 5.82 Å². The van der Waals surface area contributed by atoms with E-state index in [-0.39, 0.29) is 11.1 Å². The Morgan fingerprint density at radius 3 is 2.89 bits per heavy atom. The lowest BCUT2D eigenvalue weighted by atomic mass is 10.3. The van der Waals surface area contributed by atoms with Gasteiger partial charge >= 0.3 is 0 Å². The summed E-state index contributed by atoms with van der Waals surface area (Å²) in [6.45, 7) is 2.46. The van der Waals surface area contributed by atoms with Crippen LogP contribution in [0.4, 0.5) is 4.39 Å². The maximum Gasteiger partial charge on any atom is 0.151 e. The van der Waals surface area contributed by atoms with Crippen LogP contribution < -0.4 is 0 Å². The van der Waals surface area contributed by atoms with Gasteiger partial charge in [0.2, 0.25) is 0 Å². The van der Waals surface area contributed by atoms with Gasteiger partial charge in [-0.15, -0.1) is 11.6 Å². The number of hydrogen-bond donors (Lipinski definition) is 0. The molecule has 6 heteroatoms. The van der Waals surface area contributed by atoms with E-state index in [0.29, 0.717) is 24.4 Å². The molecular weight excluding hydrogens is 287 g/mol. The number of halogens is 2. The van der Waals surface area contributed by atoms with Gasteiger partial charge < -0.3 is 4.57 Å². The van der Waals surface area contributed by atoms with Crippen molar-refractivity contribution in [3.05, 3.63) is 29.8 Å². The Morgan fingerprint density at radius 2 is 2.26 bits per heavy atom. The summed E-state index contributed by atoms with van der Waals surface area (Å²) in [7, 11) is -0.931. The summed E-state index contributed by atoms with van der Waals surface area (Å²) >= 11 is 5.77. The molecule has 2 atom stereocenters. The van der Waals surface area contributed by atoms with Crippen molar-refractivity contribution in [3.63, 3.8) is 0 Å². The second-order valence-electron chi connectivity index (χ2n) is 4.49. The molecule has 2 rings (SSSR count). The molecule has 0 spiro atoms. The molecule has 0 N–H and O–H groups in total. The molecule has 1 aromatic heterocycles. The highest BCUT2D eigenvalue weighted by Gasteiger charge is 2.16. The van der Waals surface area contributed by atoms with E-state index in [1.54, 1.807) is 12.3 Å². The molecule has 1 aromatic carbocycles. The fraction of sp³-hybridized carbons (Fsp3) is 0.462. The lowest BCUT2D eigenvalue weighted by Gasteiger charge is -2.13. The highest BCUT2D eigenvalue weighted by Crippen LogP contribution is 2.20. The van der Waals surface area contributed by atoms with Gasteiger partial charge in [-0.2, -0.15) is 0 Å². The van der Waals surface area contributed by atoms with E-state index in [9.17, 15) is 8.60 Å². The molecule has 0 aliphatic heterocycles. The van der Waals surface area contributed by atoms with Crippen molar-refractivity contribution in [2.45, 2.75) is 25.1 Å². The molecular formula is C13H16ClFN2OS. The van der Waals surface area contributed by atoms with Crippen molar-refractivity contribution < 1.29 is 8.60 Å². The highest BCUT2D eigenvalue weighted by atomic mass is 35.5. The van der Waals surface area contributed by atoms with Gasteiger partial charge in [0.1, 0.15) is 11.3 Å². The number of nitrogens with zero attached hydrogens (tertiary/aromatic N) is 2. The van der Waals surface area contributed by atoms with Crippen LogP contribution in [0.2, 0.25) is 0 Å². The van der Waals surface area contributed by atoms with Gasteiger partial charge in [0.25, 0.3) is 0 Å². The first-order valence-corrected chi connectivity index (χ1v) is 8.22. The summed E-state index contributed by atoms with van der Waals surface area (Å²) in [6, 6.07) is 4.88. The molecule has 0 aliphatic carbocycles. The van der Waals surface area contributed by atoms with Crippen LogP contribution in [-0.4, -0.2) is 31.1 Å². The normalized spacial score (nSPS) is 14.7. The molecule has 0 saturated heterocycles. The van der Waals surface area contributed by atoms with Gasteiger partial charge in [0, 0.05) is 41.2 Å². The number of para-hydroxylation sites is 1. The second kappa shape index (κ2) is 6.01. The topological polar surface area (TPSA) is 34.9 Å². The Labute approximate surface area is 119 Å². The van der Waals surface area contributed by atoms with Crippen LogP contribution >= 0.6 is 11.6 Å². The van der Waals surface area contributed by atoms with Crippen LogP contribution in [0.1, 0.15) is 12.7 Å². The van der Waals surface area contributed by atoms with E-state index in [0.717, 1.165) is 11.3 Å². The van der Waals surface area contributed by atoms with Crippen LogP contribution in [0, 0.1) is 5.82 Å². The second-order valence-corrected chi connectivity index (χ2v) is 6.67. The minimum atomic E-state index is -0.931. The summed E-state index contributed by atoms with van der Waals surface area (Å²) in [4.78, 5) is 4.32. The van der Waals surface area contributed by atoms with Crippen molar-refractivity contribution in [2.75, 3.05) is 12.1 Å². The summed E-state index contributed by atoms with van der Waals surface area (Å²) in [6.07, 6.45) is 2.24. The third kappa shape index (κ3) is 2.98. The molecule has 2 aromatic rings. The number of imidazole rings is 1. The van der Waals surface area contributed by atoms with Crippen molar-refractivity contribution in [1.29, 1.82) is 0 Å². The Hall–Kier alpha value is -0.940. The fourth-order valence-corrected chi connectivity index (χ4v) is 2.53. The maximum atomic E-state index is 13.7. The Bertz CT molecular complexity index is 614. The number of alkyl halides is 1. The molecule has 0 amide bonds. The highest BCUT2D eigenvalue weighted by molar-refractivity contribution is 7.84. The van der Waals surface area contributed by atoms with E-state index in [1.165, 1.54) is 6.07 Å². The summed E-state index contributed by atoms with van der Waals surface area (Å²) in [5.41, 5.74) is 1.09. The van der Waals surface area contributed by atoms with Crippen molar-refractivity contribution in [1.82, 2.24) is 9.55 Å². The molecule has 0 radical (unpaired) electrons. The van der Waals surface area contributed by atoms with Crippen molar-refractivity contribution >= 4 is 33.4 Å². The SMILES string of the molecule is CC(Cn1c(CCCl)nc2c(F)cccc21)S(C)=O. The quantitative estimate of drug-likeness (QED) is 0.796. The van der Waals surface area contributed by atoms with E-state index < -0.39 is 10.8 Å². The molecule has 2 unspecified atom stereocenters. The number of fused-ring (bicyclic) bond motifs is 1. The van der Waals surface area contributed by atoms with Gasteiger partial charge in [-0.3, -0.25) is 4.21 Å². The average molecular weight is 303 g/mol. The van der Waals surface area contributed by atoms with Crippen LogP contribution in [0.3, 0.4) is 0 Å². The number of aromatic nitrogens is 2. The predicted octanol–water partition coefficient (Wildman–Crippen LogP) is 2.72. The van der Waals surface area contributed by atoms with E-state index in [4.69, 9.17) is 11.6 Å². The molecule has 19 heavy (non-hydrogen) atoms. The van der Waals surface area contributed by atoms with E-state index >= 15 is 0 Å². The zero-order chi connectivity index (χ0) is 14.0. The third-order valence-corrected chi connectivity index (χ3v) is 4.60. The molecule has 0 fully saturated rings. The minimum absolute atomic E-state index is 0.0188. The van der Waals surface area contributed by atoms with Gasteiger partial charge in [-0.05, 0) is 19.1 Å². The Morgan fingerprint density at radius 1 is 1.53 bits per heavy atom. The van der Waals surface area contributed by atoms with Gasteiger partial charge in [-0.25, -0.2) is 9.37 Å². The maximum absolute atomic E-state index is 13.7. The van der Waals surface area contributed by atoms with Crippen LogP contribution in [0.15, 0.2) is 18.2 Å². The summed E-state index contributed by atoms with van der Waals surface area (Å²) in [5, 5.41) is -0.0188. The average Bonchev–Trinajstić information content (AvgIpc) is 2.70. The molecule has 0 aliphatic rings. The smallest absolute Gasteiger partial charge is 0.151 e. The van der Waals surface area contributed by atoms with Crippen LogP contribution in [-0.2, 0) is 23.8 Å². The lowest BCUT2D eigenvalue weighted by Crippen LogP contribution is -2.19. The molecule has 0 saturated carbocycles. The van der Waals surface area contributed by atoms with Gasteiger partial charge in [0.05, 0.1) is 5.52 Å². The fourth-order valence-electron chi connectivity index (χ4n) is 2.00. The first kappa shape index (κ1) is 14.5. The number of benzene rings is 1. The predicted molar refractivity (Wildman–Crippen MR) is 77.6 cm³/mol. The van der Waals surface area contributed by atoms with Crippen molar-refractivity contribution in [3.8, 4) is 0 Å². The largest absolute Gasteiger partial charge is 0.327 e. The molecule has 3 nitrogen and oxygen atoms in total. The first-order chi connectivity index (χ1) is 9.04. The van der Waals surface area contributed by atoms with E-state index in [1.807, 2.05) is 17.6 Å². The summed E-state index contributed by atoms with van der Waals surface area (Å²) < 4.78 is 27.2. The molecule has 0 bridgehead atoms. The Kier molecular flexibility index (Phi) is 4.58. The number of hydrogen-bond acceptors (Lipinski definition) is 2. The molecule has 104 valence electrons.